The van der Waals surface area contributed by atoms with Crippen molar-refractivity contribution in [3.63, 3.8) is 0 Å². The zero-order chi connectivity index (χ0) is 13.0. The van der Waals surface area contributed by atoms with Crippen molar-refractivity contribution >= 4 is 0 Å². The molecule has 1 heterocycles. The number of aryl methyl sites for hydroxylation is 1. The van der Waals surface area contributed by atoms with Gasteiger partial charge < -0.3 is 10.1 Å². The maximum Gasteiger partial charge on any atom is 0.119 e. The fourth-order valence-corrected chi connectivity index (χ4v) is 2.52. The van der Waals surface area contributed by atoms with Crippen molar-refractivity contribution in [1.29, 1.82) is 0 Å². The molecule has 0 spiro atoms. The minimum atomic E-state index is -0.340. The summed E-state index contributed by atoms with van der Waals surface area (Å²) in [7, 11) is 1.65. The summed E-state index contributed by atoms with van der Waals surface area (Å²) in [6, 6.07) is 5.74. The first-order valence-corrected chi connectivity index (χ1v) is 6.41. The van der Waals surface area contributed by atoms with Crippen LogP contribution in [0.3, 0.4) is 0 Å². The molecule has 0 saturated carbocycles. The Morgan fingerprint density at radius 2 is 2.11 bits per heavy atom. The highest BCUT2D eigenvalue weighted by Crippen LogP contribution is 2.27. The second-order valence-electron chi connectivity index (χ2n) is 4.68. The first-order chi connectivity index (χ1) is 8.76. The highest BCUT2D eigenvalue weighted by molar-refractivity contribution is 5.36. The van der Waals surface area contributed by atoms with Crippen LogP contribution in [0.1, 0.15) is 17.2 Å². The lowest BCUT2D eigenvalue weighted by Gasteiger charge is -2.34. The van der Waals surface area contributed by atoms with Crippen LogP contribution >= 0.6 is 0 Å². The molecular weight excluding hydrogens is 231 g/mol. The summed E-state index contributed by atoms with van der Waals surface area (Å²) >= 11 is 0. The summed E-state index contributed by atoms with van der Waals surface area (Å²) in [5.41, 5.74) is 2.16. The fourth-order valence-electron chi connectivity index (χ4n) is 2.52. The third-order valence-corrected chi connectivity index (χ3v) is 3.57. The van der Waals surface area contributed by atoms with E-state index in [2.05, 4.69) is 10.2 Å². The van der Waals surface area contributed by atoms with Crippen LogP contribution in [0.2, 0.25) is 0 Å². The molecule has 1 saturated heterocycles. The van der Waals surface area contributed by atoms with E-state index in [1.54, 1.807) is 7.11 Å². The van der Waals surface area contributed by atoms with E-state index < -0.39 is 0 Å². The maximum absolute atomic E-state index is 13.4. The smallest absolute Gasteiger partial charge is 0.119 e. The van der Waals surface area contributed by atoms with Gasteiger partial charge in [-0.05, 0) is 30.2 Å². The number of hydrogen-bond donors (Lipinski definition) is 1. The van der Waals surface area contributed by atoms with Crippen molar-refractivity contribution in [3.05, 3.63) is 29.3 Å². The van der Waals surface area contributed by atoms with Crippen molar-refractivity contribution in [2.75, 3.05) is 40.0 Å². The van der Waals surface area contributed by atoms with Gasteiger partial charge >= 0.3 is 0 Å². The van der Waals surface area contributed by atoms with Crippen molar-refractivity contribution < 1.29 is 9.13 Å². The Morgan fingerprint density at radius 3 is 2.67 bits per heavy atom. The molecule has 2 rings (SSSR count). The monoisotopic (exact) mass is 252 g/mol. The topological polar surface area (TPSA) is 24.5 Å². The number of rotatable bonds is 4. The van der Waals surface area contributed by atoms with Gasteiger partial charge in [0.05, 0.1) is 13.2 Å². The number of halogens is 1. The number of alkyl halides is 1. The first kappa shape index (κ1) is 13.3. The van der Waals surface area contributed by atoms with E-state index in [0.29, 0.717) is 0 Å². The van der Waals surface area contributed by atoms with Crippen LogP contribution < -0.4 is 10.1 Å². The van der Waals surface area contributed by atoms with Gasteiger partial charge in [-0.15, -0.1) is 0 Å². The molecule has 1 aliphatic heterocycles. The van der Waals surface area contributed by atoms with Crippen LogP contribution in [-0.4, -0.2) is 44.9 Å². The molecular formula is C14H21FN2O. The second kappa shape index (κ2) is 6.16. The molecule has 18 heavy (non-hydrogen) atoms. The molecule has 100 valence electrons. The van der Waals surface area contributed by atoms with E-state index >= 15 is 0 Å². The summed E-state index contributed by atoms with van der Waals surface area (Å²) < 4.78 is 18.6. The largest absolute Gasteiger partial charge is 0.497 e. The van der Waals surface area contributed by atoms with Gasteiger partial charge in [-0.3, -0.25) is 4.90 Å². The molecule has 0 unspecified atom stereocenters. The Hall–Kier alpha value is -1.13. The number of hydrogen-bond acceptors (Lipinski definition) is 3. The van der Waals surface area contributed by atoms with E-state index in [-0.39, 0.29) is 12.7 Å². The lowest BCUT2D eigenvalue weighted by atomic mass is 10.00. The van der Waals surface area contributed by atoms with E-state index in [9.17, 15) is 4.39 Å². The molecule has 4 heteroatoms. The maximum atomic E-state index is 13.4. The van der Waals surface area contributed by atoms with Gasteiger partial charge in [0.25, 0.3) is 0 Å². The molecule has 0 aliphatic carbocycles. The third-order valence-electron chi connectivity index (χ3n) is 3.57. The van der Waals surface area contributed by atoms with Crippen molar-refractivity contribution in [2.45, 2.75) is 13.0 Å². The standard InChI is InChI=1S/C14H21FN2O/c1-11-9-12(18-2)3-4-13(11)14(10-15)17-7-5-16-6-8-17/h3-4,9,14,16H,5-8,10H2,1-2H3/t14-/m0/s1. The number of ether oxygens (including phenoxy) is 1. The van der Waals surface area contributed by atoms with Crippen molar-refractivity contribution in [1.82, 2.24) is 10.2 Å². The summed E-state index contributed by atoms with van der Waals surface area (Å²) in [4.78, 5) is 2.21. The zero-order valence-electron chi connectivity index (χ0n) is 11.1. The molecule has 1 aromatic carbocycles. The van der Waals surface area contributed by atoms with Gasteiger partial charge in [-0.1, -0.05) is 6.07 Å². The normalized spacial score (nSPS) is 18.6. The van der Waals surface area contributed by atoms with E-state index in [4.69, 9.17) is 4.74 Å². The summed E-state index contributed by atoms with van der Waals surface area (Å²) in [5.74, 6) is 0.828. The van der Waals surface area contributed by atoms with Crippen LogP contribution in [0.25, 0.3) is 0 Å². The van der Waals surface area contributed by atoms with Gasteiger partial charge in [0.1, 0.15) is 12.4 Å². The van der Waals surface area contributed by atoms with E-state index in [1.807, 2.05) is 25.1 Å². The molecule has 1 fully saturated rings. The van der Waals surface area contributed by atoms with Crippen LogP contribution in [0.15, 0.2) is 18.2 Å². The van der Waals surface area contributed by atoms with Crippen LogP contribution in [0.4, 0.5) is 4.39 Å². The predicted octanol–water partition coefficient (Wildman–Crippen LogP) is 1.92. The summed E-state index contributed by atoms with van der Waals surface area (Å²) in [6.45, 7) is 5.35. The Morgan fingerprint density at radius 1 is 1.39 bits per heavy atom. The number of benzene rings is 1. The quantitative estimate of drug-likeness (QED) is 0.886. The fraction of sp³-hybridized carbons (Fsp3) is 0.571. The Balaban J connectivity index is 2.20. The van der Waals surface area contributed by atoms with Gasteiger partial charge in [-0.25, -0.2) is 4.39 Å². The summed E-state index contributed by atoms with van der Waals surface area (Å²) in [5, 5.41) is 3.29. The summed E-state index contributed by atoms with van der Waals surface area (Å²) in [6.07, 6.45) is 0. The Kier molecular flexibility index (Phi) is 4.55. The van der Waals surface area contributed by atoms with Crippen LogP contribution in [-0.2, 0) is 0 Å². The van der Waals surface area contributed by atoms with E-state index in [1.165, 1.54) is 0 Å². The number of piperazine rings is 1. The predicted molar refractivity (Wildman–Crippen MR) is 70.9 cm³/mol. The molecule has 1 atom stereocenters. The molecule has 1 N–H and O–H groups in total. The Bertz CT molecular complexity index is 391. The van der Waals surface area contributed by atoms with Gasteiger partial charge in [0, 0.05) is 26.2 Å². The molecule has 0 bridgehead atoms. The molecule has 3 nitrogen and oxygen atoms in total. The minimum Gasteiger partial charge on any atom is -0.497 e. The molecule has 1 aromatic rings. The van der Waals surface area contributed by atoms with Crippen LogP contribution in [0, 0.1) is 6.92 Å². The van der Waals surface area contributed by atoms with Gasteiger partial charge in [0.15, 0.2) is 0 Å². The number of nitrogens with one attached hydrogen (secondary N) is 1. The number of nitrogens with zero attached hydrogens (tertiary/aromatic N) is 1. The van der Waals surface area contributed by atoms with Crippen molar-refractivity contribution in [3.8, 4) is 5.75 Å². The molecule has 1 aliphatic rings. The zero-order valence-corrected chi connectivity index (χ0v) is 11.1. The highest BCUT2D eigenvalue weighted by atomic mass is 19.1. The molecule has 0 amide bonds. The molecule has 0 radical (unpaired) electrons. The Labute approximate surface area is 108 Å². The highest BCUT2D eigenvalue weighted by Gasteiger charge is 2.23. The lowest BCUT2D eigenvalue weighted by molar-refractivity contribution is 0.147. The average Bonchev–Trinajstić information content (AvgIpc) is 2.42. The minimum absolute atomic E-state index is 0.127. The number of methoxy groups -OCH3 is 1. The SMILES string of the molecule is COc1ccc([C@H](CF)N2CCNCC2)c(C)c1. The van der Waals surface area contributed by atoms with Gasteiger partial charge in [0.2, 0.25) is 0 Å². The second-order valence-corrected chi connectivity index (χ2v) is 4.68. The van der Waals surface area contributed by atoms with Gasteiger partial charge in [-0.2, -0.15) is 0 Å². The molecule has 0 aromatic heterocycles. The van der Waals surface area contributed by atoms with Crippen molar-refractivity contribution in [2.24, 2.45) is 0 Å². The average molecular weight is 252 g/mol. The lowest BCUT2D eigenvalue weighted by Crippen LogP contribution is -2.45. The third kappa shape index (κ3) is 2.82. The van der Waals surface area contributed by atoms with Crippen LogP contribution in [0.5, 0.6) is 5.75 Å². The first-order valence-electron chi connectivity index (χ1n) is 6.41. The van der Waals surface area contributed by atoms with E-state index in [0.717, 1.165) is 43.1 Å².